The van der Waals surface area contributed by atoms with Crippen LogP contribution in [0, 0.1) is 6.92 Å². The normalized spacial score (nSPS) is 25.1. The van der Waals surface area contributed by atoms with Gasteiger partial charge in [-0.2, -0.15) is 5.10 Å². The molecule has 0 radical (unpaired) electrons. The van der Waals surface area contributed by atoms with Gasteiger partial charge < -0.3 is 10.1 Å². The summed E-state index contributed by atoms with van der Waals surface area (Å²) in [5.41, 5.74) is 2.42. The van der Waals surface area contributed by atoms with Crippen molar-refractivity contribution >= 4 is 0 Å². The third-order valence-corrected chi connectivity index (χ3v) is 3.52. The van der Waals surface area contributed by atoms with Crippen LogP contribution < -0.4 is 5.32 Å². The number of ether oxygens (including phenoxy) is 1. The van der Waals surface area contributed by atoms with Crippen molar-refractivity contribution in [3.05, 3.63) is 17.5 Å². The quantitative estimate of drug-likeness (QED) is 0.867. The second-order valence-electron chi connectivity index (χ2n) is 4.92. The fourth-order valence-electron chi connectivity index (χ4n) is 2.43. The molecule has 0 saturated carbocycles. The van der Waals surface area contributed by atoms with Gasteiger partial charge in [-0.05, 0) is 26.2 Å². The smallest absolute Gasteiger partial charge is 0.0638 e. The van der Waals surface area contributed by atoms with E-state index in [0.717, 1.165) is 38.1 Å². The summed E-state index contributed by atoms with van der Waals surface area (Å²) in [6.07, 6.45) is 5.91. The van der Waals surface area contributed by atoms with Gasteiger partial charge >= 0.3 is 0 Å². The third-order valence-electron chi connectivity index (χ3n) is 3.52. The Balaban J connectivity index is 1.83. The van der Waals surface area contributed by atoms with Gasteiger partial charge in [-0.25, -0.2) is 0 Å². The number of hydrogen-bond acceptors (Lipinski definition) is 3. The molecular formula is C13H23N3O. The first kappa shape index (κ1) is 12.6. The molecule has 1 N–H and O–H groups in total. The fraction of sp³-hybridized carbons (Fsp3) is 0.769. The number of rotatable bonds is 4. The standard InChI is InChI=1S/C13H23N3O/c1-4-13-7-12(5-6-17-13)14-8-11-9-16(3)15-10(11)2/h9,12-14H,4-8H2,1-3H3. The fourth-order valence-corrected chi connectivity index (χ4v) is 2.43. The molecular weight excluding hydrogens is 214 g/mol. The molecule has 96 valence electrons. The van der Waals surface area contributed by atoms with Crippen molar-refractivity contribution < 1.29 is 4.74 Å². The third kappa shape index (κ3) is 3.30. The van der Waals surface area contributed by atoms with E-state index in [4.69, 9.17) is 4.74 Å². The van der Waals surface area contributed by atoms with Crippen molar-refractivity contribution in [2.24, 2.45) is 7.05 Å². The Morgan fingerprint density at radius 1 is 1.59 bits per heavy atom. The summed E-state index contributed by atoms with van der Waals surface area (Å²) >= 11 is 0. The molecule has 1 aromatic rings. The minimum Gasteiger partial charge on any atom is -0.378 e. The maximum atomic E-state index is 5.68. The molecule has 1 fully saturated rings. The highest BCUT2D eigenvalue weighted by Crippen LogP contribution is 2.17. The van der Waals surface area contributed by atoms with Crippen LogP contribution in [0.4, 0.5) is 0 Å². The molecule has 2 atom stereocenters. The van der Waals surface area contributed by atoms with E-state index in [0.29, 0.717) is 12.1 Å². The van der Waals surface area contributed by atoms with Crippen molar-refractivity contribution in [3.8, 4) is 0 Å². The zero-order valence-electron chi connectivity index (χ0n) is 11.1. The summed E-state index contributed by atoms with van der Waals surface area (Å²) in [7, 11) is 1.97. The lowest BCUT2D eigenvalue weighted by atomic mass is 10.0. The maximum Gasteiger partial charge on any atom is 0.0638 e. The molecule has 2 unspecified atom stereocenters. The molecule has 1 aromatic heterocycles. The van der Waals surface area contributed by atoms with E-state index in [1.807, 2.05) is 11.7 Å². The maximum absolute atomic E-state index is 5.68. The van der Waals surface area contributed by atoms with Crippen molar-refractivity contribution in [1.29, 1.82) is 0 Å². The lowest BCUT2D eigenvalue weighted by molar-refractivity contribution is -0.000324. The monoisotopic (exact) mass is 237 g/mol. The number of nitrogens with one attached hydrogen (secondary N) is 1. The summed E-state index contributed by atoms with van der Waals surface area (Å²) < 4.78 is 7.56. The molecule has 0 aromatic carbocycles. The van der Waals surface area contributed by atoms with E-state index in [1.54, 1.807) is 0 Å². The van der Waals surface area contributed by atoms with Crippen LogP contribution in [-0.4, -0.2) is 28.5 Å². The first-order chi connectivity index (χ1) is 8.19. The van der Waals surface area contributed by atoms with Crippen LogP contribution in [0.2, 0.25) is 0 Å². The molecule has 17 heavy (non-hydrogen) atoms. The van der Waals surface area contributed by atoms with Crippen LogP contribution in [0.25, 0.3) is 0 Å². The average Bonchev–Trinajstić information content (AvgIpc) is 2.65. The summed E-state index contributed by atoms with van der Waals surface area (Å²) in [6.45, 7) is 6.07. The molecule has 1 saturated heterocycles. The molecule has 1 aliphatic heterocycles. The van der Waals surface area contributed by atoms with E-state index >= 15 is 0 Å². The highest BCUT2D eigenvalue weighted by Gasteiger charge is 2.20. The zero-order valence-corrected chi connectivity index (χ0v) is 11.1. The van der Waals surface area contributed by atoms with Crippen LogP contribution in [-0.2, 0) is 18.3 Å². The zero-order chi connectivity index (χ0) is 12.3. The van der Waals surface area contributed by atoms with Gasteiger partial charge in [-0.1, -0.05) is 6.92 Å². The van der Waals surface area contributed by atoms with Gasteiger partial charge in [0.25, 0.3) is 0 Å². The topological polar surface area (TPSA) is 39.1 Å². The van der Waals surface area contributed by atoms with Gasteiger partial charge in [-0.15, -0.1) is 0 Å². The molecule has 0 amide bonds. The van der Waals surface area contributed by atoms with Gasteiger partial charge in [0.15, 0.2) is 0 Å². The number of nitrogens with zero attached hydrogens (tertiary/aromatic N) is 2. The lowest BCUT2D eigenvalue weighted by Crippen LogP contribution is -2.38. The largest absolute Gasteiger partial charge is 0.378 e. The van der Waals surface area contributed by atoms with Gasteiger partial charge in [0.2, 0.25) is 0 Å². The SMILES string of the molecule is CCC1CC(NCc2cn(C)nc2C)CCO1. The Labute approximate surface area is 103 Å². The molecule has 0 spiro atoms. The number of hydrogen-bond donors (Lipinski definition) is 1. The molecule has 1 aliphatic rings. The summed E-state index contributed by atoms with van der Waals surface area (Å²) in [4.78, 5) is 0. The highest BCUT2D eigenvalue weighted by atomic mass is 16.5. The first-order valence-corrected chi connectivity index (χ1v) is 6.53. The van der Waals surface area contributed by atoms with Crippen LogP contribution in [0.1, 0.15) is 37.4 Å². The second kappa shape index (κ2) is 5.65. The Morgan fingerprint density at radius 3 is 3.06 bits per heavy atom. The van der Waals surface area contributed by atoms with Crippen LogP contribution in [0.15, 0.2) is 6.20 Å². The average molecular weight is 237 g/mol. The Bertz CT molecular complexity index is 362. The number of aryl methyl sites for hydroxylation is 2. The second-order valence-corrected chi connectivity index (χ2v) is 4.92. The van der Waals surface area contributed by atoms with Gasteiger partial charge in [0, 0.05) is 38.0 Å². The summed E-state index contributed by atoms with van der Waals surface area (Å²) in [6, 6.07) is 0.591. The Morgan fingerprint density at radius 2 is 2.41 bits per heavy atom. The van der Waals surface area contributed by atoms with E-state index in [9.17, 15) is 0 Å². The van der Waals surface area contributed by atoms with Gasteiger partial charge in [0.05, 0.1) is 11.8 Å². The van der Waals surface area contributed by atoms with Crippen LogP contribution in [0.3, 0.4) is 0 Å². The van der Waals surface area contributed by atoms with Crippen LogP contribution >= 0.6 is 0 Å². The summed E-state index contributed by atoms with van der Waals surface area (Å²) in [5, 5.41) is 7.98. The van der Waals surface area contributed by atoms with Crippen molar-refractivity contribution in [2.75, 3.05) is 6.61 Å². The van der Waals surface area contributed by atoms with E-state index in [-0.39, 0.29) is 0 Å². The van der Waals surface area contributed by atoms with Crippen molar-refractivity contribution in [2.45, 2.75) is 51.8 Å². The van der Waals surface area contributed by atoms with Gasteiger partial charge in [-0.3, -0.25) is 4.68 Å². The van der Waals surface area contributed by atoms with E-state index < -0.39 is 0 Å². The van der Waals surface area contributed by atoms with Gasteiger partial charge in [0.1, 0.15) is 0 Å². The van der Waals surface area contributed by atoms with Crippen molar-refractivity contribution in [1.82, 2.24) is 15.1 Å². The molecule has 2 heterocycles. The predicted octanol–water partition coefficient (Wildman–Crippen LogP) is 1.78. The first-order valence-electron chi connectivity index (χ1n) is 6.53. The minimum absolute atomic E-state index is 0.441. The van der Waals surface area contributed by atoms with E-state index in [1.165, 1.54) is 5.56 Å². The molecule has 0 bridgehead atoms. The highest BCUT2D eigenvalue weighted by molar-refractivity contribution is 5.14. The van der Waals surface area contributed by atoms with Crippen molar-refractivity contribution in [3.63, 3.8) is 0 Å². The molecule has 4 heteroatoms. The molecule has 0 aliphatic carbocycles. The molecule has 2 rings (SSSR count). The Hall–Kier alpha value is -0.870. The number of aromatic nitrogens is 2. The molecule has 4 nitrogen and oxygen atoms in total. The van der Waals surface area contributed by atoms with E-state index in [2.05, 4.69) is 30.5 Å². The predicted molar refractivity (Wildman–Crippen MR) is 67.8 cm³/mol. The lowest BCUT2D eigenvalue weighted by Gasteiger charge is -2.29. The Kier molecular flexibility index (Phi) is 4.18. The summed E-state index contributed by atoms with van der Waals surface area (Å²) in [5.74, 6) is 0. The minimum atomic E-state index is 0.441. The van der Waals surface area contributed by atoms with Crippen LogP contribution in [0.5, 0.6) is 0 Å².